The highest BCUT2D eigenvalue weighted by molar-refractivity contribution is 6.00. The smallest absolute Gasteiger partial charge is 0.289 e. The Balaban J connectivity index is 1.47. The Hall–Kier alpha value is -3.03. The second-order valence-corrected chi connectivity index (χ2v) is 8.65. The summed E-state index contributed by atoms with van der Waals surface area (Å²) >= 11 is 0. The van der Waals surface area contributed by atoms with Crippen LogP contribution in [0.15, 0.2) is 60.0 Å². The van der Waals surface area contributed by atoms with Crippen molar-refractivity contribution >= 4 is 23.0 Å². The fraction of sp³-hybridized carbons (Fsp3) is 0.400. The van der Waals surface area contributed by atoms with Gasteiger partial charge in [0.1, 0.15) is 5.69 Å². The first-order chi connectivity index (χ1) is 15.5. The number of hydrogen-bond donors (Lipinski definition) is 2. The van der Waals surface area contributed by atoms with Gasteiger partial charge >= 0.3 is 0 Å². The molecule has 1 aromatic carbocycles. The summed E-state index contributed by atoms with van der Waals surface area (Å²) in [5, 5.41) is 16.0. The molecule has 1 aliphatic heterocycles. The Morgan fingerprint density at radius 2 is 1.94 bits per heavy atom. The number of carbonyl (C=O) groups is 1. The highest BCUT2D eigenvalue weighted by Gasteiger charge is 2.26. The molecule has 4 rings (SSSR count). The zero-order valence-corrected chi connectivity index (χ0v) is 18.7. The van der Waals surface area contributed by atoms with Crippen molar-refractivity contribution in [3.63, 3.8) is 0 Å². The van der Waals surface area contributed by atoms with E-state index in [0.717, 1.165) is 16.5 Å². The van der Waals surface area contributed by atoms with Gasteiger partial charge in [-0.15, -0.1) is 0 Å². The molecule has 1 amide bonds. The number of amides is 1. The number of nitrogens with zero attached hydrogens (tertiary/aromatic N) is 4. The molecule has 0 aliphatic carbocycles. The van der Waals surface area contributed by atoms with Gasteiger partial charge in [-0.25, -0.2) is 5.43 Å². The number of pyridine rings is 1. The van der Waals surface area contributed by atoms with Crippen LogP contribution in [0.5, 0.6) is 0 Å². The Bertz CT molecular complexity index is 1070. The number of aliphatic hydroxyl groups is 1. The third-order valence-corrected chi connectivity index (χ3v) is 6.29. The van der Waals surface area contributed by atoms with Crippen LogP contribution in [-0.4, -0.2) is 56.4 Å². The molecule has 32 heavy (non-hydrogen) atoms. The summed E-state index contributed by atoms with van der Waals surface area (Å²) in [7, 11) is 0. The molecule has 1 fully saturated rings. The standard InChI is InChI=1S/C25H31N5O2/c1-18-8-7-9-19(2)30(18)17-21(31)16-29-15-20(22-10-3-4-12-24(22)29)14-27-28-25(32)23-11-5-6-13-26-23/h3-6,10-15,18-19,21,31H,7-9,16-17H2,1-2H3,(H,28,32)/b27-14-/t18-,19-,21-/m1/s1. The first-order valence-electron chi connectivity index (χ1n) is 11.3. The Kier molecular flexibility index (Phi) is 6.97. The normalized spacial score (nSPS) is 20.6. The average Bonchev–Trinajstić information content (AvgIpc) is 3.14. The molecule has 3 heterocycles. The highest BCUT2D eigenvalue weighted by Crippen LogP contribution is 2.24. The minimum absolute atomic E-state index is 0.316. The van der Waals surface area contributed by atoms with Crippen molar-refractivity contribution in [3.8, 4) is 0 Å². The minimum atomic E-state index is -0.470. The molecule has 0 saturated carbocycles. The summed E-state index contributed by atoms with van der Waals surface area (Å²) in [4.78, 5) is 18.6. The molecule has 3 aromatic rings. The van der Waals surface area contributed by atoms with Gasteiger partial charge in [0.2, 0.25) is 0 Å². The molecule has 2 N–H and O–H groups in total. The fourth-order valence-corrected chi connectivity index (χ4v) is 4.61. The zero-order valence-electron chi connectivity index (χ0n) is 18.7. The van der Waals surface area contributed by atoms with Crippen LogP contribution in [0.3, 0.4) is 0 Å². The van der Waals surface area contributed by atoms with Crippen LogP contribution in [0.1, 0.15) is 49.2 Å². The van der Waals surface area contributed by atoms with E-state index in [9.17, 15) is 9.90 Å². The molecular formula is C25H31N5O2. The highest BCUT2D eigenvalue weighted by atomic mass is 16.3. The monoisotopic (exact) mass is 433 g/mol. The number of piperidine rings is 1. The number of fused-ring (bicyclic) bond motifs is 1. The number of para-hydroxylation sites is 1. The number of hydrogen-bond acceptors (Lipinski definition) is 5. The van der Waals surface area contributed by atoms with E-state index >= 15 is 0 Å². The van der Waals surface area contributed by atoms with E-state index in [2.05, 4.69) is 38.8 Å². The maximum Gasteiger partial charge on any atom is 0.289 e. The van der Waals surface area contributed by atoms with Gasteiger partial charge in [-0.05, 0) is 44.9 Å². The van der Waals surface area contributed by atoms with Crippen LogP contribution < -0.4 is 5.43 Å². The van der Waals surface area contributed by atoms with Gasteiger partial charge < -0.3 is 9.67 Å². The molecule has 7 nitrogen and oxygen atoms in total. The lowest BCUT2D eigenvalue weighted by Gasteiger charge is -2.40. The Labute approximate surface area is 188 Å². The molecule has 1 aliphatic rings. The van der Waals surface area contributed by atoms with Gasteiger partial charge in [0, 0.05) is 54.0 Å². The molecule has 1 saturated heterocycles. The number of carbonyl (C=O) groups excluding carboxylic acids is 1. The van der Waals surface area contributed by atoms with E-state index < -0.39 is 6.10 Å². The lowest BCUT2D eigenvalue weighted by molar-refractivity contribution is 0.0352. The summed E-state index contributed by atoms with van der Waals surface area (Å²) in [6, 6.07) is 14.2. The first kappa shape index (κ1) is 22.2. The molecule has 0 spiro atoms. The van der Waals surface area contributed by atoms with Gasteiger partial charge in [-0.2, -0.15) is 5.10 Å². The van der Waals surface area contributed by atoms with E-state index in [1.54, 1.807) is 30.6 Å². The van der Waals surface area contributed by atoms with Crippen LogP contribution in [0.25, 0.3) is 10.9 Å². The SMILES string of the molecule is C[C@@H]1CCC[C@@H](C)N1C[C@H](O)Cn1cc(/C=N\NC(=O)c2ccccn2)c2ccccc21. The van der Waals surface area contributed by atoms with Gasteiger partial charge in [0.05, 0.1) is 12.3 Å². The number of hydrazone groups is 1. The Morgan fingerprint density at radius 3 is 2.69 bits per heavy atom. The van der Waals surface area contributed by atoms with Crippen LogP contribution in [-0.2, 0) is 6.54 Å². The van der Waals surface area contributed by atoms with Crippen molar-refractivity contribution in [2.24, 2.45) is 5.10 Å². The van der Waals surface area contributed by atoms with Crippen molar-refractivity contribution in [1.82, 2.24) is 19.9 Å². The van der Waals surface area contributed by atoms with Crippen molar-refractivity contribution in [1.29, 1.82) is 0 Å². The van der Waals surface area contributed by atoms with E-state index in [-0.39, 0.29) is 5.91 Å². The van der Waals surface area contributed by atoms with Crippen LogP contribution in [0, 0.1) is 0 Å². The first-order valence-corrected chi connectivity index (χ1v) is 11.3. The van der Waals surface area contributed by atoms with Gasteiger partial charge in [-0.3, -0.25) is 14.7 Å². The molecule has 0 bridgehead atoms. The largest absolute Gasteiger partial charge is 0.390 e. The van der Waals surface area contributed by atoms with Crippen molar-refractivity contribution in [2.75, 3.05) is 6.54 Å². The molecular weight excluding hydrogens is 402 g/mol. The quantitative estimate of drug-likeness (QED) is 0.442. The minimum Gasteiger partial charge on any atom is -0.390 e. The number of rotatable bonds is 7. The van der Waals surface area contributed by atoms with E-state index in [4.69, 9.17) is 0 Å². The fourth-order valence-electron chi connectivity index (χ4n) is 4.61. The third kappa shape index (κ3) is 5.06. The second-order valence-electron chi connectivity index (χ2n) is 8.65. The lowest BCUT2D eigenvalue weighted by atomic mass is 9.97. The average molecular weight is 434 g/mol. The van der Waals surface area contributed by atoms with Gasteiger partial charge in [0.25, 0.3) is 5.91 Å². The summed E-state index contributed by atoms with van der Waals surface area (Å²) in [5.41, 5.74) is 4.76. The number of β-amino-alcohol motifs (C(OH)–C–C–N with tert-alkyl or cyclic N) is 1. The predicted octanol–water partition coefficient (Wildman–Crippen LogP) is 3.42. The van der Waals surface area contributed by atoms with Crippen molar-refractivity contribution < 1.29 is 9.90 Å². The zero-order chi connectivity index (χ0) is 22.5. The predicted molar refractivity (Wildman–Crippen MR) is 127 cm³/mol. The molecule has 7 heteroatoms. The van der Waals surface area contributed by atoms with Crippen molar-refractivity contribution in [3.05, 3.63) is 66.1 Å². The molecule has 2 aromatic heterocycles. The van der Waals surface area contributed by atoms with Gasteiger partial charge in [0.15, 0.2) is 0 Å². The number of aromatic nitrogens is 2. The maximum absolute atomic E-state index is 12.2. The summed E-state index contributed by atoms with van der Waals surface area (Å²) < 4.78 is 2.07. The number of benzene rings is 1. The molecule has 168 valence electrons. The number of likely N-dealkylation sites (tertiary alicyclic amines) is 1. The Morgan fingerprint density at radius 1 is 1.19 bits per heavy atom. The van der Waals surface area contributed by atoms with Crippen molar-refractivity contribution in [2.45, 2.75) is 57.8 Å². The summed E-state index contributed by atoms with van der Waals surface area (Å²) in [6.07, 6.45) is 8.36. The third-order valence-electron chi connectivity index (χ3n) is 6.29. The van der Waals surface area contributed by atoms with Crippen LogP contribution in [0.4, 0.5) is 0 Å². The van der Waals surface area contributed by atoms with E-state index in [0.29, 0.717) is 30.9 Å². The summed E-state index contributed by atoms with van der Waals surface area (Å²) in [5.74, 6) is -0.356. The molecule has 0 radical (unpaired) electrons. The van der Waals surface area contributed by atoms with Gasteiger partial charge in [-0.1, -0.05) is 30.7 Å². The number of aliphatic hydroxyl groups excluding tert-OH is 1. The van der Waals surface area contributed by atoms with Crippen LogP contribution >= 0.6 is 0 Å². The maximum atomic E-state index is 12.2. The van der Waals surface area contributed by atoms with E-state index in [1.165, 1.54) is 19.3 Å². The molecule has 0 unspecified atom stereocenters. The second kappa shape index (κ2) is 10.1. The lowest BCUT2D eigenvalue weighted by Crippen LogP contribution is -2.47. The summed E-state index contributed by atoms with van der Waals surface area (Å²) in [6.45, 7) is 5.67. The number of nitrogens with one attached hydrogen (secondary N) is 1. The molecule has 3 atom stereocenters. The van der Waals surface area contributed by atoms with E-state index in [1.807, 2.05) is 30.5 Å². The van der Waals surface area contributed by atoms with Crippen LogP contribution in [0.2, 0.25) is 0 Å². The topological polar surface area (TPSA) is 82.8 Å².